The molecule has 0 heterocycles. The molecule has 0 fully saturated rings. The number of rotatable bonds is 20. The lowest BCUT2D eigenvalue weighted by Crippen LogP contribution is -2.32. The number of aliphatic hydroxyl groups excluding tert-OH is 3. The molecule has 28 heavy (non-hydrogen) atoms. The van der Waals surface area contributed by atoms with Crippen molar-refractivity contribution in [2.45, 2.75) is 110 Å². The van der Waals surface area contributed by atoms with E-state index in [4.69, 9.17) is 15.3 Å². The molecule has 0 aromatic rings. The van der Waals surface area contributed by atoms with Gasteiger partial charge < -0.3 is 15.3 Å². The van der Waals surface area contributed by atoms with E-state index in [2.05, 4.69) is 6.92 Å². The van der Waals surface area contributed by atoms with Crippen molar-refractivity contribution in [3.8, 4) is 0 Å². The van der Waals surface area contributed by atoms with Gasteiger partial charge in [-0.3, -0.25) is 0 Å². The Morgan fingerprint density at radius 2 is 0.750 bits per heavy atom. The van der Waals surface area contributed by atoms with Crippen molar-refractivity contribution in [2.75, 3.05) is 6.54 Å². The smallest absolute Gasteiger partial charge is 0.140 e. The van der Waals surface area contributed by atoms with Gasteiger partial charge in [0.25, 0.3) is 0 Å². The summed E-state index contributed by atoms with van der Waals surface area (Å²) in [5, 5.41) is 27.2. The Morgan fingerprint density at radius 3 is 1.04 bits per heavy atom. The fraction of sp³-hybridized carbons (Fsp3) is 0.750. The van der Waals surface area contributed by atoms with E-state index in [1.165, 1.54) is 108 Å². The standard InChI is InChI=1S/C24H45NO3/c1-2-3-4-5-6-7-8-9-10-11-12-13-14-15-16-17-18-25(19-22-26,20-23-27)21-24-28/h19-24H,2-18H2,1H3,(H2-,26,27,28)/p+1. The molecule has 0 aliphatic rings. The third-order valence-electron chi connectivity index (χ3n) is 5.43. The van der Waals surface area contributed by atoms with Crippen molar-refractivity contribution in [3.05, 3.63) is 37.4 Å². The van der Waals surface area contributed by atoms with Crippen LogP contribution in [0.2, 0.25) is 0 Å². The average Bonchev–Trinajstić information content (AvgIpc) is 2.68. The first-order valence-corrected chi connectivity index (χ1v) is 11.6. The summed E-state index contributed by atoms with van der Waals surface area (Å²) in [6.07, 6.45) is 28.7. The minimum atomic E-state index is 0.113. The van der Waals surface area contributed by atoms with Gasteiger partial charge >= 0.3 is 0 Å². The second-order valence-corrected chi connectivity index (χ2v) is 7.92. The summed E-state index contributed by atoms with van der Waals surface area (Å²) in [6, 6.07) is 0. The molecule has 0 atom stereocenters. The van der Waals surface area contributed by atoms with Gasteiger partial charge in [-0.25, -0.2) is 4.48 Å². The molecule has 0 spiro atoms. The van der Waals surface area contributed by atoms with E-state index in [0.29, 0.717) is 6.54 Å². The maximum Gasteiger partial charge on any atom is 0.140 e. The molecule has 0 saturated carbocycles. The van der Waals surface area contributed by atoms with Crippen molar-refractivity contribution in [3.63, 3.8) is 0 Å². The second kappa shape index (κ2) is 20.3. The number of hydrogen-bond acceptors (Lipinski definition) is 3. The zero-order valence-corrected chi connectivity index (χ0v) is 18.3. The number of quaternary nitrogens is 1. The van der Waals surface area contributed by atoms with Crippen LogP contribution in [0, 0.1) is 0 Å². The lowest BCUT2D eigenvalue weighted by molar-refractivity contribution is -0.775. The Hall–Kier alpha value is -1.42. The van der Waals surface area contributed by atoms with E-state index in [0.717, 1.165) is 31.6 Å². The van der Waals surface area contributed by atoms with E-state index in [9.17, 15) is 0 Å². The molecule has 0 aliphatic heterocycles. The molecular weight excluding hydrogens is 350 g/mol. The topological polar surface area (TPSA) is 60.7 Å². The Bertz CT molecular complexity index is 373. The van der Waals surface area contributed by atoms with Crippen LogP contribution >= 0.6 is 0 Å². The van der Waals surface area contributed by atoms with Gasteiger partial charge in [0.05, 0.1) is 6.54 Å². The molecule has 0 bridgehead atoms. The van der Waals surface area contributed by atoms with Gasteiger partial charge in [0.2, 0.25) is 0 Å². The van der Waals surface area contributed by atoms with E-state index in [-0.39, 0.29) is 4.48 Å². The molecule has 4 heteroatoms. The zero-order chi connectivity index (χ0) is 20.8. The number of hydrogen-bond donors (Lipinski definition) is 3. The van der Waals surface area contributed by atoms with E-state index in [1.807, 2.05) is 0 Å². The predicted molar refractivity (Wildman–Crippen MR) is 120 cm³/mol. The van der Waals surface area contributed by atoms with Gasteiger partial charge in [-0.05, 0) is 12.8 Å². The molecule has 0 rings (SSSR count). The zero-order valence-electron chi connectivity index (χ0n) is 18.3. The Labute approximate surface area is 173 Å². The van der Waals surface area contributed by atoms with Crippen LogP contribution in [-0.2, 0) is 0 Å². The highest BCUT2D eigenvalue weighted by atomic mass is 16.2. The number of nitrogens with zero attached hydrogens (tertiary/aromatic N) is 1. The lowest BCUT2D eigenvalue weighted by Gasteiger charge is -2.24. The molecule has 0 radical (unpaired) electrons. The molecule has 0 aromatic carbocycles. The molecule has 3 N–H and O–H groups in total. The third-order valence-corrected chi connectivity index (χ3v) is 5.43. The van der Waals surface area contributed by atoms with Crippen molar-refractivity contribution >= 4 is 0 Å². The Kier molecular flexibility index (Phi) is 19.3. The van der Waals surface area contributed by atoms with E-state index >= 15 is 0 Å². The van der Waals surface area contributed by atoms with Gasteiger partial charge in [-0.2, -0.15) is 0 Å². The minimum Gasteiger partial charge on any atom is -0.510 e. The quantitative estimate of drug-likeness (QED) is 0.110. The minimum absolute atomic E-state index is 0.113. The first-order chi connectivity index (χ1) is 13.7. The highest BCUT2D eigenvalue weighted by molar-refractivity contribution is 4.79. The summed E-state index contributed by atoms with van der Waals surface area (Å²) in [5.74, 6) is 0. The normalized spacial score (nSPS) is 14.5. The van der Waals surface area contributed by atoms with Gasteiger partial charge in [-0.15, -0.1) is 0 Å². The molecule has 0 aromatic heterocycles. The van der Waals surface area contributed by atoms with Crippen molar-refractivity contribution in [1.29, 1.82) is 0 Å². The Morgan fingerprint density at radius 1 is 0.464 bits per heavy atom. The van der Waals surface area contributed by atoms with Crippen LogP contribution in [-0.4, -0.2) is 26.3 Å². The SMILES string of the molecule is CCCCCCCCCCCCCCCCCC[N+](C=CO)(C=CO)C=CO. The highest BCUT2D eigenvalue weighted by Crippen LogP contribution is 2.17. The molecule has 0 amide bonds. The van der Waals surface area contributed by atoms with Crippen LogP contribution in [0.15, 0.2) is 37.4 Å². The Balaban J connectivity index is 3.54. The maximum atomic E-state index is 9.06. The fourth-order valence-electron chi connectivity index (χ4n) is 3.68. The van der Waals surface area contributed by atoms with Gasteiger partial charge in [0, 0.05) is 0 Å². The van der Waals surface area contributed by atoms with Crippen molar-refractivity contribution in [1.82, 2.24) is 0 Å². The first kappa shape index (κ1) is 26.6. The summed E-state index contributed by atoms with van der Waals surface area (Å²) < 4.78 is 0.113. The molecule has 0 unspecified atom stereocenters. The second-order valence-electron chi connectivity index (χ2n) is 7.92. The van der Waals surface area contributed by atoms with Crippen LogP contribution < -0.4 is 0 Å². The van der Waals surface area contributed by atoms with Crippen molar-refractivity contribution in [2.24, 2.45) is 0 Å². The van der Waals surface area contributed by atoms with Crippen LogP contribution in [0.4, 0.5) is 0 Å². The number of unbranched alkanes of at least 4 members (excludes halogenated alkanes) is 15. The van der Waals surface area contributed by atoms with Gasteiger partial charge in [-0.1, -0.05) is 96.8 Å². The van der Waals surface area contributed by atoms with Crippen LogP contribution in [0.5, 0.6) is 0 Å². The van der Waals surface area contributed by atoms with E-state index < -0.39 is 0 Å². The summed E-state index contributed by atoms with van der Waals surface area (Å²) >= 11 is 0. The maximum absolute atomic E-state index is 9.06. The summed E-state index contributed by atoms with van der Waals surface area (Å²) in [7, 11) is 0. The molecule has 4 nitrogen and oxygen atoms in total. The average molecular weight is 397 g/mol. The first-order valence-electron chi connectivity index (χ1n) is 11.6. The lowest BCUT2D eigenvalue weighted by atomic mass is 10.0. The van der Waals surface area contributed by atoms with Crippen LogP contribution in [0.25, 0.3) is 0 Å². The summed E-state index contributed by atoms with van der Waals surface area (Å²) in [5.41, 5.74) is 0. The highest BCUT2D eigenvalue weighted by Gasteiger charge is 2.19. The number of aliphatic hydroxyl groups is 3. The van der Waals surface area contributed by atoms with Crippen molar-refractivity contribution < 1.29 is 19.8 Å². The monoisotopic (exact) mass is 396 g/mol. The third kappa shape index (κ3) is 15.6. The van der Waals surface area contributed by atoms with E-state index in [1.54, 1.807) is 0 Å². The fourth-order valence-corrected chi connectivity index (χ4v) is 3.68. The van der Waals surface area contributed by atoms with Crippen LogP contribution in [0.1, 0.15) is 110 Å². The summed E-state index contributed by atoms with van der Waals surface area (Å²) in [4.78, 5) is 0. The van der Waals surface area contributed by atoms with Gasteiger partial charge in [0.15, 0.2) is 0 Å². The molecular formula is C24H46NO3+. The predicted octanol–water partition coefficient (Wildman–Crippen LogP) is 8.15. The molecule has 0 aliphatic carbocycles. The largest absolute Gasteiger partial charge is 0.510 e. The van der Waals surface area contributed by atoms with Crippen LogP contribution in [0.3, 0.4) is 0 Å². The van der Waals surface area contributed by atoms with Gasteiger partial charge in [0.1, 0.15) is 37.4 Å². The molecule has 164 valence electrons. The molecule has 0 saturated heterocycles. The summed E-state index contributed by atoms with van der Waals surface area (Å²) in [6.45, 7) is 2.97.